The zero-order valence-corrected chi connectivity index (χ0v) is 13.2. The molecular formula is C15H17N5OS. The van der Waals surface area contributed by atoms with Crippen molar-refractivity contribution in [2.75, 3.05) is 13.1 Å². The summed E-state index contributed by atoms with van der Waals surface area (Å²) in [6.45, 7) is 1.59. The van der Waals surface area contributed by atoms with Crippen molar-refractivity contribution in [2.45, 2.75) is 18.8 Å². The van der Waals surface area contributed by atoms with Crippen LogP contribution in [-0.2, 0) is 7.05 Å². The molecule has 3 aromatic heterocycles. The number of likely N-dealkylation sites (tertiary alicyclic amines) is 1. The maximum absolute atomic E-state index is 12.4. The summed E-state index contributed by atoms with van der Waals surface area (Å²) >= 11 is 1.68. The van der Waals surface area contributed by atoms with E-state index < -0.39 is 0 Å². The van der Waals surface area contributed by atoms with Crippen molar-refractivity contribution in [3.8, 4) is 0 Å². The smallest absolute Gasteiger partial charge is 0.257 e. The van der Waals surface area contributed by atoms with E-state index in [0.717, 1.165) is 30.9 Å². The van der Waals surface area contributed by atoms with Crippen LogP contribution in [0.3, 0.4) is 0 Å². The Balaban J connectivity index is 1.46. The number of piperidine rings is 1. The number of thiazole rings is 1. The summed E-state index contributed by atoms with van der Waals surface area (Å²) in [5.74, 6) is 0.588. The van der Waals surface area contributed by atoms with Gasteiger partial charge in [-0.05, 0) is 12.8 Å². The fraction of sp³-hybridized carbons (Fsp3) is 0.400. The molecule has 0 saturated carbocycles. The van der Waals surface area contributed by atoms with Crippen molar-refractivity contribution in [2.24, 2.45) is 7.05 Å². The van der Waals surface area contributed by atoms with Crippen LogP contribution in [-0.4, -0.2) is 43.1 Å². The SMILES string of the molecule is Cn1cc(C(=O)N2CCC(c3csc4nccn34)CC2)cn1. The number of imidazole rings is 1. The standard InChI is InChI=1S/C15H17N5OS/c1-18-9-12(8-17-18)14(21)19-5-2-11(3-6-19)13-10-22-15-16-4-7-20(13)15/h4,7-11H,2-3,5-6H2,1H3. The summed E-state index contributed by atoms with van der Waals surface area (Å²) in [5.41, 5.74) is 2.00. The van der Waals surface area contributed by atoms with E-state index in [0.29, 0.717) is 11.5 Å². The maximum atomic E-state index is 12.4. The Hall–Kier alpha value is -2.15. The van der Waals surface area contributed by atoms with Gasteiger partial charge in [-0.3, -0.25) is 13.9 Å². The first kappa shape index (κ1) is 13.5. The van der Waals surface area contributed by atoms with E-state index in [9.17, 15) is 4.79 Å². The predicted molar refractivity (Wildman–Crippen MR) is 84.2 cm³/mol. The molecule has 0 bridgehead atoms. The molecule has 7 heteroatoms. The molecule has 4 rings (SSSR count). The van der Waals surface area contributed by atoms with E-state index >= 15 is 0 Å². The highest BCUT2D eigenvalue weighted by Gasteiger charge is 2.26. The zero-order valence-electron chi connectivity index (χ0n) is 12.3. The van der Waals surface area contributed by atoms with Gasteiger partial charge in [0, 0.05) is 55.7 Å². The largest absolute Gasteiger partial charge is 0.339 e. The summed E-state index contributed by atoms with van der Waals surface area (Å²) in [5, 5.41) is 6.28. The van der Waals surface area contributed by atoms with Crippen LogP contribution in [0.2, 0.25) is 0 Å². The Morgan fingerprint density at radius 1 is 1.36 bits per heavy atom. The lowest BCUT2D eigenvalue weighted by atomic mass is 9.94. The van der Waals surface area contributed by atoms with Crippen LogP contribution in [0.4, 0.5) is 0 Å². The highest BCUT2D eigenvalue weighted by Crippen LogP contribution is 2.31. The van der Waals surface area contributed by atoms with Crippen LogP contribution < -0.4 is 0 Å². The first-order valence-corrected chi connectivity index (χ1v) is 8.29. The molecule has 4 heterocycles. The summed E-state index contributed by atoms with van der Waals surface area (Å²) in [6, 6.07) is 0. The minimum absolute atomic E-state index is 0.0876. The van der Waals surface area contributed by atoms with Gasteiger partial charge in [-0.25, -0.2) is 4.98 Å². The molecule has 0 atom stereocenters. The minimum Gasteiger partial charge on any atom is -0.339 e. The molecular weight excluding hydrogens is 298 g/mol. The molecule has 0 N–H and O–H groups in total. The average molecular weight is 315 g/mol. The number of amides is 1. The Kier molecular flexibility index (Phi) is 3.22. The molecule has 1 amide bonds. The molecule has 3 aromatic rings. The van der Waals surface area contributed by atoms with Crippen molar-refractivity contribution in [1.82, 2.24) is 24.1 Å². The van der Waals surface area contributed by atoms with E-state index in [1.165, 1.54) is 5.69 Å². The van der Waals surface area contributed by atoms with Crippen LogP contribution >= 0.6 is 11.3 Å². The summed E-state index contributed by atoms with van der Waals surface area (Å²) in [6.07, 6.45) is 9.28. The lowest BCUT2D eigenvalue weighted by Gasteiger charge is -2.31. The second kappa shape index (κ2) is 5.24. The molecule has 0 unspecified atom stereocenters. The molecule has 22 heavy (non-hydrogen) atoms. The van der Waals surface area contributed by atoms with Crippen molar-refractivity contribution in [3.05, 3.63) is 41.4 Å². The minimum atomic E-state index is 0.0876. The average Bonchev–Trinajstić information content (AvgIpc) is 3.23. The number of rotatable bonds is 2. The third kappa shape index (κ3) is 2.21. The number of carbonyl (C=O) groups is 1. The second-order valence-electron chi connectivity index (χ2n) is 5.71. The molecule has 114 valence electrons. The fourth-order valence-electron chi connectivity index (χ4n) is 3.13. The second-order valence-corrected chi connectivity index (χ2v) is 6.55. The quantitative estimate of drug-likeness (QED) is 0.728. The van der Waals surface area contributed by atoms with Crippen molar-refractivity contribution in [3.63, 3.8) is 0 Å². The topological polar surface area (TPSA) is 55.4 Å². The molecule has 0 aliphatic carbocycles. The van der Waals surface area contributed by atoms with Gasteiger partial charge in [0.1, 0.15) is 0 Å². The molecule has 1 aliphatic rings. The lowest BCUT2D eigenvalue weighted by molar-refractivity contribution is 0.0712. The number of hydrogen-bond donors (Lipinski definition) is 0. The molecule has 1 saturated heterocycles. The Morgan fingerprint density at radius 3 is 2.91 bits per heavy atom. The number of nitrogens with zero attached hydrogens (tertiary/aromatic N) is 5. The van der Waals surface area contributed by atoms with E-state index in [-0.39, 0.29) is 5.91 Å². The third-order valence-corrected chi connectivity index (χ3v) is 5.19. The van der Waals surface area contributed by atoms with Gasteiger partial charge in [0.05, 0.1) is 11.8 Å². The Morgan fingerprint density at radius 2 is 2.18 bits per heavy atom. The highest BCUT2D eigenvalue weighted by atomic mass is 32.1. The third-order valence-electron chi connectivity index (χ3n) is 4.32. The van der Waals surface area contributed by atoms with Crippen LogP contribution in [0.15, 0.2) is 30.2 Å². The van der Waals surface area contributed by atoms with Crippen LogP contribution in [0.1, 0.15) is 34.8 Å². The number of fused-ring (bicyclic) bond motifs is 1. The lowest BCUT2D eigenvalue weighted by Crippen LogP contribution is -2.38. The summed E-state index contributed by atoms with van der Waals surface area (Å²) in [4.78, 5) is 19.7. The maximum Gasteiger partial charge on any atom is 0.257 e. The molecule has 1 fully saturated rings. The van der Waals surface area contributed by atoms with Crippen LogP contribution in [0.5, 0.6) is 0 Å². The van der Waals surface area contributed by atoms with Crippen LogP contribution in [0.25, 0.3) is 4.96 Å². The number of aryl methyl sites for hydroxylation is 1. The van der Waals surface area contributed by atoms with Gasteiger partial charge < -0.3 is 4.90 Å². The molecule has 0 aromatic carbocycles. The summed E-state index contributed by atoms with van der Waals surface area (Å²) < 4.78 is 3.84. The Bertz CT molecular complexity index is 809. The van der Waals surface area contributed by atoms with Crippen molar-refractivity contribution >= 4 is 22.2 Å². The van der Waals surface area contributed by atoms with E-state index in [1.54, 1.807) is 28.4 Å². The van der Waals surface area contributed by atoms with Crippen LogP contribution in [0, 0.1) is 0 Å². The van der Waals surface area contributed by atoms with E-state index in [1.807, 2.05) is 24.3 Å². The van der Waals surface area contributed by atoms with Crippen molar-refractivity contribution < 1.29 is 4.79 Å². The Labute approximate surface area is 132 Å². The number of carbonyl (C=O) groups excluding carboxylic acids is 1. The van der Waals surface area contributed by atoms with Gasteiger partial charge in [-0.1, -0.05) is 0 Å². The highest BCUT2D eigenvalue weighted by molar-refractivity contribution is 7.15. The summed E-state index contributed by atoms with van der Waals surface area (Å²) in [7, 11) is 1.83. The molecule has 0 radical (unpaired) electrons. The van der Waals surface area contributed by atoms with Gasteiger partial charge in [0.15, 0.2) is 4.96 Å². The normalized spacial score (nSPS) is 16.5. The van der Waals surface area contributed by atoms with Gasteiger partial charge in [0.2, 0.25) is 0 Å². The zero-order chi connectivity index (χ0) is 15.1. The van der Waals surface area contributed by atoms with Gasteiger partial charge in [0.25, 0.3) is 5.91 Å². The molecule has 1 aliphatic heterocycles. The molecule has 0 spiro atoms. The van der Waals surface area contributed by atoms with Gasteiger partial charge >= 0.3 is 0 Å². The van der Waals surface area contributed by atoms with Gasteiger partial charge in [-0.15, -0.1) is 11.3 Å². The monoisotopic (exact) mass is 315 g/mol. The molecule has 6 nitrogen and oxygen atoms in total. The van der Waals surface area contributed by atoms with E-state index in [2.05, 4.69) is 19.9 Å². The van der Waals surface area contributed by atoms with Gasteiger partial charge in [-0.2, -0.15) is 5.10 Å². The van der Waals surface area contributed by atoms with E-state index in [4.69, 9.17) is 0 Å². The fourth-order valence-corrected chi connectivity index (χ4v) is 4.06. The number of hydrogen-bond acceptors (Lipinski definition) is 4. The predicted octanol–water partition coefficient (Wildman–Crippen LogP) is 2.15. The number of aromatic nitrogens is 4. The first-order chi connectivity index (χ1) is 10.7. The first-order valence-electron chi connectivity index (χ1n) is 7.41. The van der Waals surface area contributed by atoms with Crippen molar-refractivity contribution in [1.29, 1.82) is 0 Å².